The number of anilines is 1. The Morgan fingerprint density at radius 3 is 2.67 bits per heavy atom. The lowest BCUT2D eigenvalue weighted by atomic mass is 10.1. The number of nitrogens with two attached hydrogens (primary N) is 1. The van der Waals surface area contributed by atoms with Crippen molar-refractivity contribution in [1.82, 2.24) is 4.98 Å². The fourth-order valence-electron chi connectivity index (χ4n) is 2.24. The van der Waals surface area contributed by atoms with Crippen molar-refractivity contribution in [2.24, 2.45) is 0 Å². The quantitative estimate of drug-likeness (QED) is 0.739. The molecule has 21 heavy (non-hydrogen) atoms. The largest absolute Gasteiger partial charge is 0.496 e. The fraction of sp³-hybridized carbons (Fsp3) is 0.118. The molecule has 2 aromatic carbocycles. The van der Waals surface area contributed by atoms with E-state index in [1.807, 2.05) is 43.3 Å². The van der Waals surface area contributed by atoms with Gasteiger partial charge in [0.05, 0.1) is 7.11 Å². The van der Waals surface area contributed by atoms with Gasteiger partial charge in [-0.15, -0.1) is 0 Å². The number of aromatic nitrogens is 1. The number of fused-ring (bicyclic) bond motifs is 1. The molecule has 0 spiro atoms. The van der Waals surface area contributed by atoms with Gasteiger partial charge in [0.1, 0.15) is 11.5 Å². The van der Waals surface area contributed by atoms with Crippen molar-refractivity contribution < 1.29 is 9.47 Å². The Morgan fingerprint density at radius 2 is 1.86 bits per heavy atom. The van der Waals surface area contributed by atoms with E-state index in [4.69, 9.17) is 15.2 Å². The van der Waals surface area contributed by atoms with Gasteiger partial charge < -0.3 is 15.2 Å². The first-order valence-corrected chi connectivity index (χ1v) is 6.65. The molecule has 4 nitrogen and oxygen atoms in total. The topological polar surface area (TPSA) is 57.4 Å². The number of rotatable bonds is 3. The first-order valence-electron chi connectivity index (χ1n) is 6.65. The van der Waals surface area contributed by atoms with Crippen molar-refractivity contribution in [2.45, 2.75) is 6.92 Å². The maximum Gasteiger partial charge on any atom is 0.227 e. The number of ether oxygens (including phenoxy) is 2. The van der Waals surface area contributed by atoms with E-state index in [2.05, 4.69) is 4.98 Å². The van der Waals surface area contributed by atoms with E-state index >= 15 is 0 Å². The molecule has 1 aromatic heterocycles. The van der Waals surface area contributed by atoms with Crippen molar-refractivity contribution in [3.63, 3.8) is 0 Å². The third kappa shape index (κ3) is 2.48. The second-order valence-electron chi connectivity index (χ2n) is 4.80. The first kappa shape index (κ1) is 13.2. The zero-order chi connectivity index (χ0) is 14.8. The molecule has 2 N–H and O–H groups in total. The third-order valence-electron chi connectivity index (χ3n) is 3.37. The summed E-state index contributed by atoms with van der Waals surface area (Å²) in [6.07, 6.45) is 1.71. The van der Waals surface area contributed by atoms with Crippen molar-refractivity contribution in [2.75, 3.05) is 12.8 Å². The molecule has 1 heterocycles. The molecular weight excluding hydrogens is 264 g/mol. The standard InChI is InChI=1S/C17H16N2O2/c1-11-6-7-12(18)10-16(11)21-17-14-4-3-5-15(20-2)13(14)8-9-19-17/h3-10H,18H2,1-2H3. The van der Waals surface area contributed by atoms with Crippen LogP contribution in [0.5, 0.6) is 17.4 Å². The fourth-order valence-corrected chi connectivity index (χ4v) is 2.24. The normalized spacial score (nSPS) is 10.6. The van der Waals surface area contributed by atoms with Crippen LogP contribution >= 0.6 is 0 Å². The molecule has 0 aliphatic carbocycles. The van der Waals surface area contributed by atoms with Gasteiger partial charge in [0.2, 0.25) is 5.88 Å². The monoisotopic (exact) mass is 280 g/mol. The van der Waals surface area contributed by atoms with E-state index in [9.17, 15) is 0 Å². The first-order chi connectivity index (χ1) is 10.2. The lowest BCUT2D eigenvalue weighted by molar-refractivity contribution is 0.419. The number of aryl methyl sites for hydroxylation is 1. The second-order valence-corrected chi connectivity index (χ2v) is 4.80. The zero-order valence-corrected chi connectivity index (χ0v) is 12.0. The molecule has 0 radical (unpaired) electrons. The number of hydrogen-bond acceptors (Lipinski definition) is 4. The van der Waals surface area contributed by atoms with E-state index in [0.717, 1.165) is 22.1 Å². The van der Waals surface area contributed by atoms with Crippen molar-refractivity contribution in [3.05, 3.63) is 54.2 Å². The number of methoxy groups -OCH3 is 1. The number of benzene rings is 2. The van der Waals surface area contributed by atoms with Crippen molar-refractivity contribution >= 4 is 16.5 Å². The molecule has 0 amide bonds. The highest BCUT2D eigenvalue weighted by molar-refractivity contribution is 5.91. The zero-order valence-electron chi connectivity index (χ0n) is 12.0. The van der Waals surface area contributed by atoms with Gasteiger partial charge in [-0.3, -0.25) is 0 Å². The Labute approximate surface area is 123 Å². The summed E-state index contributed by atoms with van der Waals surface area (Å²) in [6.45, 7) is 1.97. The van der Waals surface area contributed by atoms with Crippen LogP contribution in [-0.4, -0.2) is 12.1 Å². The molecule has 0 saturated heterocycles. The van der Waals surface area contributed by atoms with Crippen LogP contribution < -0.4 is 15.2 Å². The Balaban J connectivity index is 2.11. The summed E-state index contributed by atoms with van der Waals surface area (Å²) in [5.41, 5.74) is 7.49. The van der Waals surface area contributed by atoms with Crippen LogP contribution in [0.2, 0.25) is 0 Å². The van der Waals surface area contributed by atoms with Gasteiger partial charge in [-0.1, -0.05) is 12.1 Å². The van der Waals surface area contributed by atoms with E-state index in [0.29, 0.717) is 17.3 Å². The minimum Gasteiger partial charge on any atom is -0.496 e. The van der Waals surface area contributed by atoms with Gasteiger partial charge >= 0.3 is 0 Å². The molecule has 0 atom stereocenters. The minimum absolute atomic E-state index is 0.542. The lowest BCUT2D eigenvalue weighted by Crippen LogP contribution is -1.94. The summed E-state index contributed by atoms with van der Waals surface area (Å²) in [7, 11) is 1.65. The highest BCUT2D eigenvalue weighted by atomic mass is 16.5. The Hall–Kier alpha value is -2.75. The second kappa shape index (κ2) is 5.32. The summed E-state index contributed by atoms with van der Waals surface area (Å²) in [5.74, 6) is 2.04. The lowest BCUT2D eigenvalue weighted by Gasteiger charge is -2.12. The predicted molar refractivity (Wildman–Crippen MR) is 84.0 cm³/mol. The Kier molecular flexibility index (Phi) is 3.36. The SMILES string of the molecule is COc1cccc2c(Oc3cc(N)ccc3C)nccc12. The summed E-state index contributed by atoms with van der Waals surface area (Å²) in [6, 6.07) is 13.3. The van der Waals surface area contributed by atoms with E-state index in [1.165, 1.54) is 0 Å². The van der Waals surface area contributed by atoms with Crippen LogP contribution in [0.3, 0.4) is 0 Å². The maximum absolute atomic E-state index is 5.96. The van der Waals surface area contributed by atoms with Gasteiger partial charge in [0.25, 0.3) is 0 Å². The number of hydrogen-bond donors (Lipinski definition) is 1. The van der Waals surface area contributed by atoms with Crippen LogP contribution in [0.25, 0.3) is 10.8 Å². The molecule has 0 aliphatic heterocycles. The van der Waals surface area contributed by atoms with Gasteiger partial charge in [-0.25, -0.2) is 4.98 Å². The molecule has 0 aliphatic rings. The molecule has 0 bridgehead atoms. The Morgan fingerprint density at radius 1 is 1.00 bits per heavy atom. The van der Waals surface area contributed by atoms with Crippen molar-refractivity contribution in [1.29, 1.82) is 0 Å². The van der Waals surface area contributed by atoms with Crippen LogP contribution in [0, 0.1) is 6.92 Å². The molecule has 3 aromatic rings. The minimum atomic E-state index is 0.542. The maximum atomic E-state index is 5.96. The summed E-state index contributed by atoms with van der Waals surface area (Å²) < 4.78 is 11.3. The molecule has 3 rings (SSSR count). The summed E-state index contributed by atoms with van der Waals surface area (Å²) in [5, 5.41) is 1.87. The van der Waals surface area contributed by atoms with Crippen LogP contribution in [0.1, 0.15) is 5.56 Å². The average Bonchev–Trinajstić information content (AvgIpc) is 2.50. The van der Waals surface area contributed by atoms with Crippen LogP contribution in [-0.2, 0) is 0 Å². The molecule has 0 unspecified atom stereocenters. The van der Waals surface area contributed by atoms with Gasteiger partial charge in [-0.05, 0) is 36.8 Å². The molecule has 0 saturated carbocycles. The molecule has 106 valence electrons. The third-order valence-corrected chi connectivity index (χ3v) is 3.37. The highest BCUT2D eigenvalue weighted by Gasteiger charge is 2.10. The molecule has 4 heteroatoms. The molecular formula is C17H16N2O2. The summed E-state index contributed by atoms with van der Waals surface area (Å²) in [4.78, 5) is 4.33. The number of pyridine rings is 1. The smallest absolute Gasteiger partial charge is 0.227 e. The number of nitrogens with zero attached hydrogens (tertiary/aromatic N) is 1. The Bertz CT molecular complexity index is 800. The summed E-state index contributed by atoms with van der Waals surface area (Å²) >= 11 is 0. The van der Waals surface area contributed by atoms with Gasteiger partial charge in [0, 0.05) is 28.7 Å². The van der Waals surface area contributed by atoms with Crippen LogP contribution in [0.4, 0.5) is 5.69 Å². The molecule has 0 fully saturated rings. The van der Waals surface area contributed by atoms with Gasteiger partial charge in [0.15, 0.2) is 0 Å². The van der Waals surface area contributed by atoms with E-state index < -0.39 is 0 Å². The van der Waals surface area contributed by atoms with E-state index in [1.54, 1.807) is 19.4 Å². The van der Waals surface area contributed by atoms with Gasteiger partial charge in [-0.2, -0.15) is 0 Å². The highest BCUT2D eigenvalue weighted by Crippen LogP contribution is 2.34. The van der Waals surface area contributed by atoms with E-state index in [-0.39, 0.29) is 0 Å². The average molecular weight is 280 g/mol. The predicted octanol–water partition coefficient (Wildman–Crippen LogP) is 3.93. The number of nitrogen functional groups attached to an aromatic ring is 1. The van der Waals surface area contributed by atoms with Crippen LogP contribution in [0.15, 0.2) is 48.7 Å². The van der Waals surface area contributed by atoms with Crippen molar-refractivity contribution in [3.8, 4) is 17.4 Å².